The lowest BCUT2D eigenvalue weighted by Crippen LogP contribution is -2.50. The van der Waals surface area contributed by atoms with Gasteiger partial charge in [0, 0.05) is 38.6 Å². The van der Waals surface area contributed by atoms with Crippen molar-refractivity contribution >= 4 is 11.9 Å². The first kappa shape index (κ1) is 29.7. The zero-order valence-electron chi connectivity index (χ0n) is 26.3. The van der Waals surface area contributed by atoms with Gasteiger partial charge >= 0.3 is 5.97 Å². The van der Waals surface area contributed by atoms with Gasteiger partial charge in [-0.2, -0.15) is 0 Å². The molecule has 5 rings (SSSR count). The van der Waals surface area contributed by atoms with Gasteiger partial charge in [-0.05, 0) is 104 Å². The molecule has 40 heavy (non-hydrogen) atoms. The molecule has 1 heterocycles. The van der Waals surface area contributed by atoms with Gasteiger partial charge in [0.1, 0.15) is 12.2 Å². The molecular weight excluding hydrogens is 498 g/mol. The summed E-state index contributed by atoms with van der Waals surface area (Å²) in [5.74, 6) is 5.02. The molecule has 3 fully saturated rings. The third-order valence-corrected chi connectivity index (χ3v) is 12.1. The van der Waals surface area contributed by atoms with Gasteiger partial charge < -0.3 is 14.8 Å². The van der Waals surface area contributed by atoms with Crippen LogP contribution in [-0.4, -0.2) is 30.6 Å². The molecule has 0 radical (unpaired) electrons. The molecule has 3 saturated carbocycles. The molecule has 1 N–H and O–H groups in total. The molecule has 5 aliphatic rings. The van der Waals surface area contributed by atoms with E-state index in [1.807, 2.05) is 0 Å². The number of ether oxygens (including phenoxy) is 2. The van der Waals surface area contributed by atoms with Crippen molar-refractivity contribution in [2.24, 2.45) is 46.3 Å². The van der Waals surface area contributed by atoms with Crippen LogP contribution in [-0.2, 0) is 19.1 Å². The van der Waals surface area contributed by atoms with E-state index in [2.05, 4.69) is 52.9 Å². The zero-order chi connectivity index (χ0) is 28.8. The van der Waals surface area contributed by atoms with E-state index in [1.54, 1.807) is 12.5 Å². The Morgan fingerprint density at radius 1 is 1.12 bits per heavy atom. The van der Waals surface area contributed by atoms with Crippen LogP contribution in [0.1, 0.15) is 119 Å². The molecule has 0 aromatic rings. The van der Waals surface area contributed by atoms with Crippen LogP contribution in [0.5, 0.6) is 0 Å². The predicted molar refractivity (Wildman–Crippen MR) is 159 cm³/mol. The van der Waals surface area contributed by atoms with Gasteiger partial charge in [-0.15, -0.1) is 0 Å². The van der Waals surface area contributed by atoms with Gasteiger partial charge in [0.2, 0.25) is 5.91 Å². The molecule has 0 saturated heterocycles. The van der Waals surface area contributed by atoms with Crippen LogP contribution >= 0.6 is 0 Å². The highest BCUT2D eigenvalue weighted by Crippen LogP contribution is 2.69. The maximum Gasteiger partial charge on any atom is 0.306 e. The van der Waals surface area contributed by atoms with Crippen LogP contribution in [0.3, 0.4) is 0 Å². The second kappa shape index (κ2) is 11.5. The average Bonchev–Trinajstić information content (AvgIpc) is 3.38. The fourth-order valence-electron chi connectivity index (χ4n) is 9.76. The van der Waals surface area contributed by atoms with Crippen LogP contribution in [0, 0.1) is 46.3 Å². The first-order chi connectivity index (χ1) is 18.9. The zero-order valence-corrected chi connectivity index (χ0v) is 26.3. The van der Waals surface area contributed by atoms with E-state index >= 15 is 0 Å². The summed E-state index contributed by atoms with van der Waals surface area (Å²) >= 11 is 0. The molecule has 5 heteroatoms. The van der Waals surface area contributed by atoms with Gasteiger partial charge in [0.15, 0.2) is 0 Å². The molecule has 0 spiro atoms. The number of amides is 1. The standard InChI is InChI=1S/C35H55NO4/c1-21(2)8-13-32(38)39-26-14-16-34(6)25(18-26)10-11-27-28(34)15-17-35(7)29(27)19-31-33(35)23(4)30(40-31)12-9-22(3)20-36-24(5)37/h10,21-22,26-29,31,33H,8-9,11-20H2,1-7H3,(H,36,37)/t22-,26-,27-,28+,29+,31-,33+,34+,35+/m1/s1. The van der Waals surface area contributed by atoms with Crippen LogP contribution in [0.2, 0.25) is 0 Å². The number of hydrogen-bond acceptors (Lipinski definition) is 4. The first-order valence-corrected chi connectivity index (χ1v) is 16.4. The molecule has 0 unspecified atom stereocenters. The number of allylic oxidation sites excluding steroid dienone is 2. The monoisotopic (exact) mass is 553 g/mol. The van der Waals surface area contributed by atoms with E-state index in [1.165, 1.54) is 37.0 Å². The first-order valence-electron chi connectivity index (χ1n) is 16.4. The lowest BCUT2D eigenvalue weighted by Gasteiger charge is -2.58. The van der Waals surface area contributed by atoms with Crippen molar-refractivity contribution in [3.05, 3.63) is 23.0 Å². The minimum Gasteiger partial charge on any atom is -0.494 e. The molecule has 0 bridgehead atoms. The van der Waals surface area contributed by atoms with Crippen LogP contribution < -0.4 is 5.32 Å². The Morgan fingerprint density at radius 3 is 2.62 bits per heavy atom. The van der Waals surface area contributed by atoms with Crippen LogP contribution in [0.4, 0.5) is 0 Å². The van der Waals surface area contributed by atoms with Gasteiger partial charge in [-0.1, -0.05) is 46.3 Å². The molecule has 1 aliphatic heterocycles. The van der Waals surface area contributed by atoms with E-state index < -0.39 is 0 Å². The van der Waals surface area contributed by atoms with E-state index in [0.29, 0.717) is 35.7 Å². The number of fused-ring (bicyclic) bond motifs is 7. The molecule has 1 amide bonds. The van der Waals surface area contributed by atoms with Gasteiger partial charge in [-0.25, -0.2) is 0 Å². The van der Waals surface area contributed by atoms with Crippen molar-refractivity contribution < 1.29 is 19.1 Å². The topological polar surface area (TPSA) is 64.6 Å². The summed E-state index contributed by atoms with van der Waals surface area (Å²) in [6.45, 7) is 16.3. The maximum absolute atomic E-state index is 12.4. The fraction of sp³-hybridized carbons (Fsp3) is 0.829. The van der Waals surface area contributed by atoms with E-state index in [-0.39, 0.29) is 23.4 Å². The fourth-order valence-corrected chi connectivity index (χ4v) is 9.76. The van der Waals surface area contributed by atoms with Crippen LogP contribution in [0.25, 0.3) is 0 Å². The third kappa shape index (κ3) is 5.52. The highest BCUT2D eigenvalue weighted by atomic mass is 16.5. The SMILES string of the molecule is CC(=O)NC[C@H](C)CCC1=C(C)[C@H]2[C@@H](C[C@H]3[C@@H]4CC=C5C[C@H](OC(=O)CCC(C)C)CC[C@]5(C)[C@H]4CC[C@@]32C)O1. The number of carbonyl (C=O) groups excluding carboxylic acids is 2. The molecular formula is C35H55NO4. The van der Waals surface area contributed by atoms with Gasteiger partial charge in [0.25, 0.3) is 0 Å². The summed E-state index contributed by atoms with van der Waals surface area (Å²) in [7, 11) is 0. The highest BCUT2D eigenvalue weighted by Gasteiger charge is 2.63. The summed E-state index contributed by atoms with van der Waals surface area (Å²) < 4.78 is 12.7. The lowest BCUT2D eigenvalue weighted by molar-refractivity contribution is -0.151. The Morgan fingerprint density at radius 2 is 1.90 bits per heavy atom. The van der Waals surface area contributed by atoms with Crippen molar-refractivity contribution in [3.63, 3.8) is 0 Å². The van der Waals surface area contributed by atoms with Crippen molar-refractivity contribution in [3.8, 4) is 0 Å². The Hall–Kier alpha value is -1.78. The van der Waals surface area contributed by atoms with E-state index in [4.69, 9.17) is 9.47 Å². The van der Waals surface area contributed by atoms with Crippen molar-refractivity contribution in [2.45, 2.75) is 131 Å². The average molecular weight is 554 g/mol. The van der Waals surface area contributed by atoms with E-state index in [9.17, 15) is 9.59 Å². The van der Waals surface area contributed by atoms with E-state index in [0.717, 1.165) is 62.8 Å². The van der Waals surface area contributed by atoms with Crippen LogP contribution in [0.15, 0.2) is 23.0 Å². The second-order valence-corrected chi connectivity index (χ2v) is 15.1. The summed E-state index contributed by atoms with van der Waals surface area (Å²) in [6, 6.07) is 0. The normalized spacial score (nSPS) is 39.0. The summed E-state index contributed by atoms with van der Waals surface area (Å²) in [5, 5.41) is 2.96. The second-order valence-electron chi connectivity index (χ2n) is 15.1. The maximum atomic E-state index is 12.4. The molecule has 0 aromatic carbocycles. The molecule has 4 aliphatic carbocycles. The summed E-state index contributed by atoms with van der Waals surface area (Å²) in [4.78, 5) is 23.7. The number of rotatable bonds is 9. The Labute approximate surface area is 243 Å². The van der Waals surface area contributed by atoms with Crippen molar-refractivity contribution in [1.82, 2.24) is 5.32 Å². The number of carbonyl (C=O) groups is 2. The lowest BCUT2D eigenvalue weighted by atomic mass is 9.47. The minimum atomic E-state index is -0.00695. The Bertz CT molecular complexity index is 1040. The number of hydrogen-bond donors (Lipinski definition) is 1. The Balaban J connectivity index is 1.23. The van der Waals surface area contributed by atoms with Crippen molar-refractivity contribution in [2.75, 3.05) is 6.54 Å². The van der Waals surface area contributed by atoms with Crippen molar-refractivity contribution in [1.29, 1.82) is 0 Å². The van der Waals surface area contributed by atoms with Gasteiger partial charge in [-0.3, -0.25) is 9.59 Å². The summed E-state index contributed by atoms with van der Waals surface area (Å²) in [5.41, 5.74) is 3.67. The largest absolute Gasteiger partial charge is 0.494 e. The Kier molecular flexibility index (Phi) is 8.52. The molecule has 9 atom stereocenters. The number of nitrogens with one attached hydrogen (secondary N) is 1. The smallest absolute Gasteiger partial charge is 0.306 e. The quantitative estimate of drug-likeness (QED) is 0.234. The number of esters is 1. The molecule has 0 aromatic heterocycles. The predicted octanol–water partition coefficient (Wildman–Crippen LogP) is 7.75. The molecule has 5 nitrogen and oxygen atoms in total. The third-order valence-electron chi connectivity index (χ3n) is 12.1. The van der Waals surface area contributed by atoms with Gasteiger partial charge in [0.05, 0.1) is 5.76 Å². The molecule has 224 valence electrons. The summed E-state index contributed by atoms with van der Waals surface area (Å²) in [6.07, 6.45) is 14.5. The minimum absolute atomic E-state index is 0.00695. The highest BCUT2D eigenvalue weighted by molar-refractivity contribution is 5.72.